The second-order valence-corrected chi connectivity index (χ2v) is 8.13. The van der Waals surface area contributed by atoms with E-state index in [-0.39, 0.29) is 24.0 Å². The van der Waals surface area contributed by atoms with Gasteiger partial charge in [0.2, 0.25) is 11.8 Å². The molecule has 0 fully saturated rings. The van der Waals surface area contributed by atoms with Gasteiger partial charge >= 0.3 is 6.09 Å². The van der Waals surface area contributed by atoms with Crippen molar-refractivity contribution in [2.45, 2.75) is 65.1 Å². The number of phenols is 1. The lowest BCUT2D eigenvalue weighted by Gasteiger charge is -2.27. The summed E-state index contributed by atoms with van der Waals surface area (Å²) >= 11 is 0. The van der Waals surface area contributed by atoms with Crippen LogP contribution in [0.1, 0.15) is 46.1 Å². The molecular weight excluding hydrogens is 402 g/mol. The predicted molar refractivity (Wildman–Crippen MR) is 116 cm³/mol. The summed E-state index contributed by atoms with van der Waals surface area (Å²) in [5.74, 6) is -1.13. The molecule has 0 aromatic heterocycles. The van der Waals surface area contributed by atoms with Gasteiger partial charge in [0.05, 0.1) is 6.04 Å². The van der Waals surface area contributed by atoms with E-state index in [1.165, 1.54) is 12.1 Å². The summed E-state index contributed by atoms with van der Waals surface area (Å²) in [5, 5.41) is 26.0. The summed E-state index contributed by atoms with van der Waals surface area (Å²) in [6.45, 7) is 7.53. The molecular formula is C22H33N3O6. The third kappa shape index (κ3) is 9.06. The Morgan fingerprint density at radius 3 is 2.10 bits per heavy atom. The number of carbonyl (C=O) groups excluding carboxylic acids is 3. The molecule has 0 bridgehead atoms. The number of rotatable bonds is 12. The Morgan fingerprint density at radius 2 is 1.61 bits per heavy atom. The zero-order valence-corrected chi connectivity index (χ0v) is 18.4. The first kappa shape index (κ1) is 25.9. The van der Waals surface area contributed by atoms with Crippen LogP contribution in [0.5, 0.6) is 5.75 Å². The number of carboxylic acid groups (broad SMARTS) is 1. The SMILES string of the molecule is CCC(C)C(NC(=O)[C@H](Cc1ccc(O)cc1)NC(=O)O)C(=O)N[C@H](C=O)CC(C)C. The van der Waals surface area contributed by atoms with Crippen molar-refractivity contribution in [3.63, 3.8) is 0 Å². The van der Waals surface area contributed by atoms with Crippen LogP contribution in [0.4, 0.5) is 4.79 Å². The first-order valence-electron chi connectivity index (χ1n) is 10.4. The van der Waals surface area contributed by atoms with Crippen LogP contribution < -0.4 is 16.0 Å². The first-order valence-corrected chi connectivity index (χ1v) is 10.4. The van der Waals surface area contributed by atoms with Crippen LogP contribution in [0, 0.1) is 11.8 Å². The number of carbonyl (C=O) groups is 4. The minimum Gasteiger partial charge on any atom is -0.508 e. The van der Waals surface area contributed by atoms with Crippen molar-refractivity contribution in [2.75, 3.05) is 0 Å². The van der Waals surface area contributed by atoms with E-state index in [4.69, 9.17) is 5.11 Å². The summed E-state index contributed by atoms with van der Waals surface area (Å²) in [7, 11) is 0. The molecule has 31 heavy (non-hydrogen) atoms. The second-order valence-electron chi connectivity index (χ2n) is 8.13. The van der Waals surface area contributed by atoms with Crippen LogP contribution >= 0.6 is 0 Å². The maximum atomic E-state index is 12.9. The lowest BCUT2D eigenvalue weighted by molar-refractivity contribution is -0.132. The highest BCUT2D eigenvalue weighted by atomic mass is 16.4. The maximum Gasteiger partial charge on any atom is 0.405 e. The molecule has 0 aliphatic heterocycles. The lowest BCUT2D eigenvalue weighted by Crippen LogP contribution is -2.57. The third-order valence-electron chi connectivity index (χ3n) is 5.00. The van der Waals surface area contributed by atoms with Gasteiger partial charge in [-0.1, -0.05) is 46.2 Å². The molecule has 1 rings (SSSR count). The molecule has 0 aliphatic carbocycles. The minimum absolute atomic E-state index is 0.0393. The largest absolute Gasteiger partial charge is 0.508 e. The Labute approximate surface area is 182 Å². The molecule has 5 N–H and O–H groups in total. The molecule has 0 radical (unpaired) electrons. The van der Waals surface area contributed by atoms with Gasteiger partial charge in [0.25, 0.3) is 0 Å². The zero-order chi connectivity index (χ0) is 23.6. The minimum atomic E-state index is -1.37. The molecule has 9 heteroatoms. The van der Waals surface area contributed by atoms with E-state index in [0.717, 1.165) is 0 Å². The van der Waals surface area contributed by atoms with E-state index in [1.54, 1.807) is 19.1 Å². The summed E-state index contributed by atoms with van der Waals surface area (Å²) in [5.41, 5.74) is 0.634. The first-order chi connectivity index (χ1) is 14.6. The normalized spacial score (nSPS) is 14.7. The van der Waals surface area contributed by atoms with E-state index in [1.807, 2.05) is 20.8 Å². The van der Waals surface area contributed by atoms with Crippen molar-refractivity contribution >= 4 is 24.2 Å². The molecule has 0 spiro atoms. The van der Waals surface area contributed by atoms with Gasteiger partial charge in [0.1, 0.15) is 24.1 Å². The molecule has 0 aliphatic rings. The van der Waals surface area contributed by atoms with Crippen LogP contribution in [-0.2, 0) is 20.8 Å². The van der Waals surface area contributed by atoms with Crippen LogP contribution in [0.2, 0.25) is 0 Å². The highest BCUT2D eigenvalue weighted by Crippen LogP contribution is 2.13. The Morgan fingerprint density at radius 1 is 1.00 bits per heavy atom. The Bertz CT molecular complexity index is 750. The van der Waals surface area contributed by atoms with Crippen molar-refractivity contribution in [3.8, 4) is 5.75 Å². The van der Waals surface area contributed by atoms with Crippen molar-refractivity contribution in [2.24, 2.45) is 11.8 Å². The summed E-state index contributed by atoms with van der Waals surface area (Å²) in [6, 6.07) is 3.31. The van der Waals surface area contributed by atoms with Crippen molar-refractivity contribution in [1.82, 2.24) is 16.0 Å². The van der Waals surface area contributed by atoms with E-state index in [0.29, 0.717) is 24.7 Å². The van der Waals surface area contributed by atoms with Gasteiger partial charge in [0, 0.05) is 6.42 Å². The van der Waals surface area contributed by atoms with E-state index in [2.05, 4.69) is 16.0 Å². The number of phenolic OH excluding ortho intramolecular Hbond substituents is 1. The monoisotopic (exact) mass is 435 g/mol. The molecule has 2 unspecified atom stereocenters. The quantitative estimate of drug-likeness (QED) is 0.317. The summed E-state index contributed by atoms with van der Waals surface area (Å²) in [6.07, 6.45) is 0.398. The van der Waals surface area contributed by atoms with Crippen molar-refractivity contribution in [3.05, 3.63) is 29.8 Å². The molecule has 0 saturated heterocycles. The number of nitrogens with one attached hydrogen (secondary N) is 3. The number of benzene rings is 1. The van der Waals surface area contributed by atoms with Crippen LogP contribution in [0.15, 0.2) is 24.3 Å². The summed E-state index contributed by atoms with van der Waals surface area (Å²) < 4.78 is 0. The number of amides is 3. The van der Waals surface area contributed by atoms with Gasteiger partial charge in [-0.25, -0.2) is 4.79 Å². The fourth-order valence-corrected chi connectivity index (χ4v) is 3.11. The van der Waals surface area contributed by atoms with Crippen molar-refractivity contribution in [1.29, 1.82) is 0 Å². The van der Waals surface area contributed by atoms with Gasteiger partial charge in [-0.05, 0) is 36.0 Å². The zero-order valence-electron chi connectivity index (χ0n) is 18.4. The standard InChI is InChI=1S/C22H33N3O6/c1-5-14(4)19(21(29)23-16(12-26)10-13(2)3)25-20(28)18(24-22(30)31)11-15-6-8-17(27)9-7-15/h6-9,12-14,16,18-19,24,27H,5,10-11H2,1-4H3,(H,23,29)(H,25,28)(H,30,31)/t14?,16-,18-,19?/m0/s1. The highest BCUT2D eigenvalue weighted by molar-refractivity contribution is 5.92. The maximum absolute atomic E-state index is 12.9. The molecule has 0 heterocycles. The number of aromatic hydroxyl groups is 1. The molecule has 0 saturated carbocycles. The number of hydrogen-bond acceptors (Lipinski definition) is 5. The van der Waals surface area contributed by atoms with Gasteiger partial charge in [-0.2, -0.15) is 0 Å². The number of hydrogen-bond donors (Lipinski definition) is 5. The van der Waals surface area contributed by atoms with E-state index < -0.39 is 36.0 Å². The highest BCUT2D eigenvalue weighted by Gasteiger charge is 2.31. The lowest BCUT2D eigenvalue weighted by atomic mass is 9.96. The topological polar surface area (TPSA) is 145 Å². The van der Waals surface area contributed by atoms with Crippen LogP contribution in [0.3, 0.4) is 0 Å². The predicted octanol–water partition coefficient (Wildman–Crippen LogP) is 1.83. The Hall–Kier alpha value is -3.10. The third-order valence-corrected chi connectivity index (χ3v) is 5.00. The van der Waals surface area contributed by atoms with Crippen LogP contribution in [0.25, 0.3) is 0 Å². The Kier molecular flexibility index (Phi) is 10.5. The average Bonchev–Trinajstić information content (AvgIpc) is 2.70. The van der Waals surface area contributed by atoms with Crippen molar-refractivity contribution < 1.29 is 29.4 Å². The van der Waals surface area contributed by atoms with E-state index in [9.17, 15) is 24.3 Å². The molecule has 1 aromatic carbocycles. The van der Waals surface area contributed by atoms with Gasteiger partial charge in [-0.3, -0.25) is 9.59 Å². The van der Waals surface area contributed by atoms with E-state index >= 15 is 0 Å². The second kappa shape index (κ2) is 12.6. The molecule has 1 aromatic rings. The Balaban J connectivity index is 2.98. The average molecular weight is 436 g/mol. The van der Waals surface area contributed by atoms with Gasteiger partial charge in [0.15, 0.2) is 0 Å². The summed E-state index contributed by atoms with van der Waals surface area (Å²) in [4.78, 5) is 48.2. The fourth-order valence-electron chi connectivity index (χ4n) is 3.11. The smallest absolute Gasteiger partial charge is 0.405 e. The molecule has 9 nitrogen and oxygen atoms in total. The molecule has 172 valence electrons. The van der Waals surface area contributed by atoms with Gasteiger partial charge in [-0.15, -0.1) is 0 Å². The molecule has 4 atom stereocenters. The number of aldehydes is 1. The van der Waals surface area contributed by atoms with Crippen LogP contribution in [-0.4, -0.2) is 52.5 Å². The van der Waals surface area contributed by atoms with Gasteiger partial charge < -0.3 is 31.0 Å². The molecule has 3 amide bonds. The fraction of sp³-hybridized carbons (Fsp3) is 0.545.